The van der Waals surface area contributed by atoms with Gasteiger partial charge >= 0.3 is 12.1 Å². The molecule has 0 atom stereocenters. The van der Waals surface area contributed by atoms with E-state index in [-0.39, 0.29) is 16.9 Å². The summed E-state index contributed by atoms with van der Waals surface area (Å²) in [4.78, 5) is 30.0. The van der Waals surface area contributed by atoms with E-state index in [1.807, 2.05) is 18.2 Å². The van der Waals surface area contributed by atoms with Crippen LogP contribution in [0, 0.1) is 5.92 Å². The van der Waals surface area contributed by atoms with Crippen LogP contribution < -0.4 is 0 Å². The van der Waals surface area contributed by atoms with Crippen LogP contribution in [0.5, 0.6) is 0 Å². The first kappa shape index (κ1) is 22.8. The predicted octanol–water partition coefficient (Wildman–Crippen LogP) is 4.08. The van der Waals surface area contributed by atoms with Crippen LogP contribution in [0.15, 0.2) is 54.6 Å². The third-order valence-electron chi connectivity index (χ3n) is 5.89. The Hall–Kier alpha value is -3.36. The van der Waals surface area contributed by atoms with E-state index in [1.165, 1.54) is 17.7 Å². The van der Waals surface area contributed by atoms with Crippen LogP contribution in [0.1, 0.15) is 24.2 Å². The zero-order chi connectivity index (χ0) is 23.4. The SMILES string of the molecule is O=C(Cn1c(C(F)(F)F)nc2ccccc21)OCC(=O)N1CCC(Cc2ccccc2)CC1. The maximum absolute atomic E-state index is 13.4. The molecule has 6 nitrogen and oxygen atoms in total. The Balaban J connectivity index is 1.30. The second-order valence-corrected chi connectivity index (χ2v) is 8.18. The number of esters is 1. The Morgan fingerprint density at radius 2 is 1.67 bits per heavy atom. The van der Waals surface area contributed by atoms with E-state index < -0.39 is 31.1 Å². The number of para-hydroxylation sites is 2. The molecule has 0 aliphatic carbocycles. The summed E-state index contributed by atoms with van der Waals surface area (Å²) >= 11 is 0. The van der Waals surface area contributed by atoms with Gasteiger partial charge < -0.3 is 14.2 Å². The average Bonchev–Trinajstić information content (AvgIpc) is 3.18. The van der Waals surface area contributed by atoms with Gasteiger partial charge in [-0.2, -0.15) is 13.2 Å². The summed E-state index contributed by atoms with van der Waals surface area (Å²) in [6.07, 6.45) is -2.06. The predicted molar refractivity (Wildman–Crippen MR) is 115 cm³/mol. The molecule has 0 spiro atoms. The average molecular weight is 459 g/mol. The van der Waals surface area contributed by atoms with Crippen molar-refractivity contribution in [3.63, 3.8) is 0 Å². The van der Waals surface area contributed by atoms with Crippen LogP contribution in [-0.2, 0) is 33.5 Å². The third-order valence-corrected chi connectivity index (χ3v) is 5.89. The number of nitrogens with zero attached hydrogens (tertiary/aromatic N) is 3. The second kappa shape index (κ2) is 9.64. The molecule has 0 unspecified atom stereocenters. The minimum Gasteiger partial charge on any atom is -0.454 e. The van der Waals surface area contributed by atoms with E-state index in [4.69, 9.17) is 4.74 Å². The topological polar surface area (TPSA) is 64.4 Å². The molecule has 0 bridgehead atoms. The molecule has 4 rings (SSSR count). The van der Waals surface area contributed by atoms with Gasteiger partial charge in [-0.05, 0) is 42.9 Å². The minimum absolute atomic E-state index is 0.132. The normalized spacial score (nSPS) is 15.1. The summed E-state index contributed by atoms with van der Waals surface area (Å²) in [6.45, 7) is -0.0333. The molecule has 1 amide bonds. The summed E-state index contributed by atoms with van der Waals surface area (Å²) in [5.74, 6) is -1.95. The lowest BCUT2D eigenvalue weighted by Crippen LogP contribution is -2.41. The number of benzene rings is 2. The highest BCUT2D eigenvalue weighted by atomic mass is 19.4. The van der Waals surface area contributed by atoms with Gasteiger partial charge in [-0.3, -0.25) is 9.59 Å². The van der Waals surface area contributed by atoms with Gasteiger partial charge in [0.15, 0.2) is 6.61 Å². The summed E-state index contributed by atoms with van der Waals surface area (Å²) in [5.41, 5.74) is 1.57. The first-order chi connectivity index (χ1) is 15.8. The van der Waals surface area contributed by atoms with Gasteiger partial charge in [0.05, 0.1) is 11.0 Å². The van der Waals surface area contributed by atoms with E-state index in [0.717, 1.165) is 23.8 Å². The number of halogens is 3. The van der Waals surface area contributed by atoms with Crippen molar-refractivity contribution < 1.29 is 27.5 Å². The Kier molecular flexibility index (Phi) is 6.67. The van der Waals surface area contributed by atoms with Gasteiger partial charge in [-0.25, -0.2) is 4.98 Å². The number of carbonyl (C=O) groups excluding carboxylic acids is 2. The Labute approximate surface area is 189 Å². The van der Waals surface area contributed by atoms with Gasteiger partial charge in [-0.15, -0.1) is 0 Å². The largest absolute Gasteiger partial charge is 0.454 e. The molecule has 3 aromatic rings. The van der Waals surface area contributed by atoms with E-state index in [0.29, 0.717) is 19.0 Å². The van der Waals surface area contributed by atoms with Crippen molar-refractivity contribution in [1.29, 1.82) is 0 Å². The van der Waals surface area contributed by atoms with Gasteiger partial charge in [0.2, 0.25) is 5.82 Å². The third kappa shape index (κ3) is 5.53. The molecule has 9 heteroatoms. The molecule has 0 saturated carbocycles. The highest BCUT2D eigenvalue weighted by molar-refractivity contribution is 5.82. The molecular formula is C24H24F3N3O3. The first-order valence-corrected chi connectivity index (χ1v) is 10.8. The highest BCUT2D eigenvalue weighted by Crippen LogP contribution is 2.31. The summed E-state index contributed by atoms with van der Waals surface area (Å²) in [5, 5.41) is 0. The lowest BCUT2D eigenvalue weighted by Gasteiger charge is -2.32. The Morgan fingerprint density at radius 1 is 1.00 bits per heavy atom. The van der Waals surface area contributed by atoms with Crippen molar-refractivity contribution in [3.8, 4) is 0 Å². The molecule has 174 valence electrons. The van der Waals surface area contributed by atoms with Crippen LogP contribution in [0.25, 0.3) is 11.0 Å². The van der Waals surface area contributed by atoms with Crippen molar-refractivity contribution in [1.82, 2.24) is 14.5 Å². The molecule has 0 radical (unpaired) electrons. The second-order valence-electron chi connectivity index (χ2n) is 8.18. The first-order valence-electron chi connectivity index (χ1n) is 10.8. The lowest BCUT2D eigenvalue weighted by molar-refractivity contribution is -0.155. The number of likely N-dealkylation sites (tertiary alicyclic amines) is 1. The molecule has 2 heterocycles. The molecule has 1 fully saturated rings. The molecule has 0 N–H and O–H groups in total. The van der Waals surface area contributed by atoms with Crippen LogP contribution in [0.3, 0.4) is 0 Å². The zero-order valence-corrected chi connectivity index (χ0v) is 17.9. The number of carbonyl (C=O) groups is 2. The van der Waals surface area contributed by atoms with Crippen molar-refractivity contribution in [3.05, 3.63) is 66.0 Å². The molecular weight excluding hydrogens is 435 g/mol. The maximum atomic E-state index is 13.4. The van der Waals surface area contributed by atoms with Crippen molar-refractivity contribution in [2.75, 3.05) is 19.7 Å². The van der Waals surface area contributed by atoms with Gasteiger partial charge in [-0.1, -0.05) is 42.5 Å². The number of aromatic nitrogens is 2. The maximum Gasteiger partial charge on any atom is 0.449 e. The van der Waals surface area contributed by atoms with Crippen molar-refractivity contribution in [2.45, 2.75) is 32.0 Å². The Bertz CT molecular complexity index is 1120. The fraction of sp³-hybridized carbons (Fsp3) is 0.375. The number of rotatable bonds is 6. The number of ether oxygens (including phenoxy) is 1. The number of alkyl halides is 3. The van der Waals surface area contributed by atoms with Crippen LogP contribution in [-0.4, -0.2) is 46.0 Å². The monoisotopic (exact) mass is 459 g/mol. The van der Waals surface area contributed by atoms with Crippen LogP contribution >= 0.6 is 0 Å². The number of piperidine rings is 1. The molecule has 1 aliphatic rings. The van der Waals surface area contributed by atoms with Crippen molar-refractivity contribution >= 4 is 22.9 Å². The number of fused-ring (bicyclic) bond motifs is 1. The van der Waals surface area contributed by atoms with E-state index in [2.05, 4.69) is 17.1 Å². The van der Waals surface area contributed by atoms with E-state index >= 15 is 0 Å². The van der Waals surface area contributed by atoms with Gasteiger partial charge in [0, 0.05) is 13.1 Å². The number of hydrogen-bond acceptors (Lipinski definition) is 4. The fourth-order valence-corrected chi connectivity index (χ4v) is 4.19. The minimum atomic E-state index is -4.72. The van der Waals surface area contributed by atoms with E-state index in [1.54, 1.807) is 17.0 Å². The Morgan fingerprint density at radius 3 is 2.36 bits per heavy atom. The number of hydrogen-bond donors (Lipinski definition) is 0. The lowest BCUT2D eigenvalue weighted by atomic mass is 9.90. The zero-order valence-electron chi connectivity index (χ0n) is 17.9. The summed E-state index contributed by atoms with van der Waals surface area (Å²) in [6, 6.07) is 16.2. The smallest absolute Gasteiger partial charge is 0.449 e. The van der Waals surface area contributed by atoms with Crippen LogP contribution in [0.4, 0.5) is 13.2 Å². The number of amides is 1. The molecule has 1 aliphatic heterocycles. The molecule has 1 saturated heterocycles. The van der Waals surface area contributed by atoms with Gasteiger partial charge in [0.25, 0.3) is 5.91 Å². The fourth-order valence-electron chi connectivity index (χ4n) is 4.19. The molecule has 1 aromatic heterocycles. The van der Waals surface area contributed by atoms with Gasteiger partial charge in [0.1, 0.15) is 6.54 Å². The molecule has 33 heavy (non-hydrogen) atoms. The summed E-state index contributed by atoms with van der Waals surface area (Å²) < 4.78 is 45.9. The summed E-state index contributed by atoms with van der Waals surface area (Å²) in [7, 11) is 0. The standard InChI is InChI=1S/C24H24F3N3O3/c25-24(26,27)23-28-19-8-4-5-9-20(19)30(23)15-22(32)33-16-21(31)29-12-10-18(11-13-29)14-17-6-2-1-3-7-17/h1-9,18H,10-16H2. The quantitative estimate of drug-likeness (QED) is 0.521. The van der Waals surface area contributed by atoms with Crippen molar-refractivity contribution in [2.24, 2.45) is 5.92 Å². The number of imidazole rings is 1. The van der Waals surface area contributed by atoms with E-state index in [9.17, 15) is 22.8 Å². The highest BCUT2D eigenvalue weighted by Gasteiger charge is 2.38. The van der Waals surface area contributed by atoms with Crippen LogP contribution in [0.2, 0.25) is 0 Å². The molecule has 2 aromatic carbocycles.